The highest BCUT2D eigenvalue weighted by molar-refractivity contribution is 8.00. The first-order chi connectivity index (χ1) is 21.9. The first kappa shape index (κ1) is 32.2. The molecule has 1 aromatic heterocycles. The van der Waals surface area contributed by atoms with E-state index in [1.807, 2.05) is 0 Å². The third kappa shape index (κ3) is 7.72. The maximum absolute atomic E-state index is 13.6. The van der Waals surface area contributed by atoms with E-state index in [-0.39, 0.29) is 22.3 Å². The van der Waals surface area contributed by atoms with Gasteiger partial charge in [-0.2, -0.15) is 0 Å². The molecule has 0 aliphatic carbocycles. The number of hydrogen-bond acceptors (Lipinski definition) is 9. The summed E-state index contributed by atoms with van der Waals surface area (Å²) in [6.45, 7) is 5.33. The number of benzene rings is 3. The van der Waals surface area contributed by atoms with Crippen molar-refractivity contribution in [3.63, 3.8) is 0 Å². The fourth-order valence-electron chi connectivity index (χ4n) is 4.71. The summed E-state index contributed by atoms with van der Waals surface area (Å²) in [7, 11) is 0. The Hall–Kier alpha value is -4.22. The van der Waals surface area contributed by atoms with Crippen LogP contribution in [0.4, 0.5) is 9.52 Å². The minimum absolute atomic E-state index is 0.0463. The molecule has 1 aliphatic heterocycles. The summed E-state index contributed by atoms with van der Waals surface area (Å²) in [6.07, 6.45) is 3.85. The molecule has 234 valence electrons. The molecule has 1 atom stereocenters. The first-order valence-electron chi connectivity index (χ1n) is 14.9. The second-order valence-corrected chi connectivity index (χ2v) is 12.6. The Kier molecular flexibility index (Phi) is 10.9. The molecule has 11 heteroatoms. The van der Waals surface area contributed by atoms with Crippen LogP contribution in [0.3, 0.4) is 0 Å². The monoisotopic (exact) mass is 647 g/mol. The van der Waals surface area contributed by atoms with Gasteiger partial charge in [-0.25, -0.2) is 4.39 Å². The standard InChI is InChI=1S/C34H34FN3O5S2/c1-3-5-19-42-26-15-9-23(10-16-26)29-28(30(39)24-11-17-27(18-12-24)43-20-6-4-2)31(40)32(41)38(29)33-36-37-34(45-33)44-21-22-7-13-25(35)14-8-22/h7-18,29,39H,3-6,19-21H2,1-2H3. The van der Waals surface area contributed by atoms with Gasteiger partial charge in [0.25, 0.3) is 5.78 Å². The van der Waals surface area contributed by atoms with Crippen molar-refractivity contribution in [2.75, 3.05) is 18.1 Å². The zero-order valence-electron chi connectivity index (χ0n) is 25.1. The largest absolute Gasteiger partial charge is 0.507 e. The number of ketones is 1. The molecule has 1 saturated heterocycles. The van der Waals surface area contributed by atoms with E-state index in [1.165, 1.54) is 40.1 Å². The lowest BCUT2D eigenvalue weighted by molar-refractivity contribution is -0.132. The van der Waals surface area contributed by atoms with E-state index in [4.69, 9.17) is 9.47 Å². The van der Waals surface area contributed by atoms with Gasteiger partial charge in [0.1, 0.15) is 23.1 Å². The average Bonchev–Trinajstić information content (AvgIpc) is 3.63. The lowest BCUT2D eigenvalue weighted by atomic mass is 9.95. The Bertz CT molecular complexity index is 1640. The van der Waals surface area contributed by atoms with Gasteiger partial charge in [0, 0.05) is 11.3 Å². The fourth-order valence-corrected chi connectivity index (χ4v) is 6.53. The molecule has 0 bridgehead atoms. The maximum Gasteiger partial charge on any atom is 0.301 e. The Balaban J connectivity index is 1.47. The number of ether oxygens (including phenoxy) is 2. The number of unbranched alkanes of at least 4 members (excludes halogenated alkanes) is 2. The minimum Gasteiger partial charge on any atom is -0.507 e. The molecular formula is C34H34FN3O5S2. The van der Waals surface area contributed by atoms with Crippen molar-refractivity contribution in [3.05, 3.63) is 101 Å². The van der Waals surface area contributed by atoms with Crippen molar-refractivity contribution >= 4 is 45.7 Å². The Morgan fingerprint density at radius 2 is 1.49 bits per heavy atom. The number of Topliss-reactive ketones (excluding diaryl/α,β-unsaturated/α-hetero) is 1. The van der Waals surface area contributed by atoms with Gasteiger partial charge in [-0.05, 0) is 72.5 Å². The summed E-state index contributed by atoms with van der Waals surface area (Å²) in [4.78, 5) is 28.5. The molecule has 0 spiro atoms. The third-order valence-electron chi connectivity index (χ3n) is 7.18. The number of amides is 1. The van der Waals surface area contributed by atoms with E-state index in [1.54, 1.807) is 60.7 Å². The molecule has 8 nitrogen and oxygen atoms in total. The number of thioether (sulfide) groups is 1. The smallest absolute Gasteiger partial charge is 0.301 e. The third-order valence-corrected chi connectivity index (χ3v) is 9.31. The Labute approximate surface area is 269 Å². The number of anilines is 1. The molecular weight excluding hydrogens is 614 g/mol. The predicted molar refractivity (Wildman–Crippen MR) is 174 cm³/mol. The summed E-state index contributed by atoms with van der Waals surface area (Å²) in [5.41, 5.74) is 1.85. The number of aliphatic hydroxyl groups excluding tert-OH is 1. The average molecular weight is 648 g/mol. The zero-order valence-corrected chi connectivity index (χ0v) is 26.7. The zero-order chi connectivity index (χ0) is 31.8. The molecule has 2 heterocycles. The quantitative estimate of drug-likeness (QED) is 0.0368. The first-order valence-corrected chi connectivity index (χ1v) is 16.7. The normalized spacial score (nSPS) is 15.9. The summed E-state index contributed by atoms with van der Waals surface area (Å²) in [5.74, 6) is -0.396. The van der Waals surface area contributed by atoms with Crippen molar-refractivity contribution in [1.82, 2.24) is 10.2 Å². The highest BCUT2D eigenvalue weighted by Gasteiger charge is 2.48. The van der Waals surface area contributed by atoms with E-state index < -0.39 is 17.7 Å². The molecule has 3 aromatic carbocycles. The van der Waals surface area contributed by atoms with Crippen LogP contribution in [0.5, 0.6) is 11.5 Å². The summed E-state index contributed by atoms with van der Waals surface area (Å²) in [6, 6.07) is 19.2. The van der Waals surface area contributed by atoms with Gasteiger partial charge in [-0.3, -0.25) is 14.5 Å². The molecule has 0 radical (unpaired) electrons. The van der Waals surface area contributed by atoms with E-state index in [0.29, 0.717) is 45.9 Å². The number of halogens is 1. The van der Waals surface area contributed by atoms with Crippen molar-refractivity contribution in [1.29, 1.82) is 0 Å². The predicted octanol–water partition coefficient (Wildman–Crippen LogP) is 7.95. The molecule has 1 aliphatic rings. The van der Waals surface area contributed by atoms with E-state index in [9.17, 15) is 19.1 Å². The highest BCUT2D eigenvalue weighted by atomic mass is 32.2. The van der Waals surface area contributed by atoms with Crippen molar-refractivity contribution in [3.8, 4) is 11.5 Å². The number of rotatable bonds is 14. The van der Waals surface area contributed by atoms with E-state index in [0.717, 1.165) is 31.2 Å². The van der Waals surface area contributed by atoms with E-state index in [2.05, 4.69) is 24.0 Å². The van der Waals surface area contributed by atoms with Crippen LogP contribution in [0.2, 0.25) is 0 Å². The van der Waals surface area contributed by atoms with Crippen LogP contribution in [0, 0.1) is 5.82 Å². The summed E-state index contributed by atoms with van der Waals surface area (Å²) in [5, 5.41) is 20.2. The van der Waals surface area contributed by atoms with Gasteiger partial charge in [0.2, 0.25) is 5.13 Å². The summed E-state index contributed by atoms with van der Waals surface area (Å²) >= 11 is 2.56. The van der Waals surface area contributed by atoms with Crippen LogP contribution < -0.4 is 14.4 Å². The Morgan fingerprint density at radius 3 is 2.09 bits per heavy atom. The highest BCUT2D eigenvalue weighted by Crippen LogP contribution is 2.44. The number of carbonyl (C=O) groups excluding carboxylic acids is 2. The van der Waals surface area contributed by atoms with Crippen LogP contribution in [0.15, 0.2) is 82.7 Å². The molecule has 45 heavy (non-hydrogen) atoms. The van der Waals surface area contributed by atoms with Crippen molar-refractivity contribution in [2.24, 2.45) is 0 Å². The van der Waals surface area contributed by atoms with Crippen molar-refractivity contribution in [2.45, 2.75) is 55.7 Å². The number of aliphatic hydroxyl groups is 1. The second-order valence-electron chi connectivity index (χ2n) is 10.4. The molecule has 1 amide bonds. The van der Waals surface area contributed by atoms with Crippen LogP contribution >= 0.6 is 23.1 Å². The molecule has 0 saturated carbocycles. The van der Waals surface area contributed by atoms with E-state index >= 15 is 0 Å². The molecule has 4 aromatic rings. The van der Waals surface area contributed by atoms with Gasteiger partial charge in [0.15, 0.2) is 4.34 Å². The summed E-state index contributed by atoms with van der Waals surface area (Å²) < 4.78 is 25.4. The van der Waals surface area contributed by atoms with Crippen LogP contribution in [-0.4, -0.2) is 40.2 Å². The fraction of sp³-hybridized carbons (Fsp3) is 0.294. The minimum atomic E-state index is -0.946. The van der Waals surface area contributed by atoms with Crippen LogP contribution in [-0.2, 0) is 15.3 Å². The number of carbonyl (C=O) groups is 2. The van der Waals surface area contributed by atoms with Crippen LogP contribution in [0.1, 0.15) is 62.3 Å². The Morgan fingerprint density at radius 1 is 0.889 bits per heavy atom. The topological polar surface area (TPSA) is 102 Å². The molecule has 5 rings (SSSR count). The number of aromatic nitrogens is 2. The van der Waals surface area contributed by atoms with Crippen molar-refractivity contribution < 1.29 is 28.6 Å². The lowest BCUT2D eigenvalue weighted by Crippen LogP contribution is -2.29. The van der Waals surface area contributed by atoms with Gasteiger partial charge < -0.3 is 14.6 Å². The lowest BCUT2D eigenvalue weighted by Gasteiger charge is -2.22. The molecule has 1 unspecified atom stereocenters. The number of hydrogen-bond donors (Lipinski definition) is 1. The SMILES string of the molecule is CCCCOc1ccc(C(O)=C2C(=O)C(=O)N(c3nnc(SCc4ccc(F)cc4)s3)C2c2ccc(OCCCC)cc2)cc1. The van der Waals surface area contributed by atoms with Gasteiger partial charge in [-0.15, -0.1) is 10.2 Å². The maximum atomic E-state index is 13.6. The molecule has 1 N–H and O–H groups in total. The van der Waals surface area contributed by atoms with Gasteiger partial charge in [-0.1, -0.05) is 74.1 Å². The van der Waals surface area contributed by atoms with Gasteiger partial charge in [0.05, 0.1) is 24.8 Å². The number of nitrogens with zero attached hydrogens (tertiary/aromatic N) is 3. The van der Waals surface area contributed by atoms with Gasteiger partial charge >= 0.3 is 5.91 Å². The van der Waals surface area contributed by atoms with Crippen LogP contribution in [0.25, 0.3) is 5.76 Å². The second kappa shape index (κ2) is 15.2. The molecule has 1 fully saturated rings.